The van der Waals surface area contributed by atoms with Crippen LogP contribution in [0.3, 0.4) is 0 Å². The molecule has 0 spiro atoms. The zero-order valence-corrected chi connectivity index (χ0v) is 21.5. The third-order valence-corrected chi connectivity index (χ3v) is 7.32. The predicted molar refractivity (Wildman–Crippen MR) is 143 cm³/mol. The van der Waals surface area contributed by atoms with Crippen LogP contribution in [0.25, 0.3) is 33.5 Å². The Hall–Kier alpha value is -4.19. The molecule has 12 heteroatoms. The summed E-state index contributed by atoms with van der Waals surface area (Å²) in [6, 6.07) is 16.0. The fourth-order valence-corrected chi connectivity index (χ4v) is 5.32. The maximum absolute atomic E-state index is 13.1. The summed E-state index contributed by atoms with van der Waals surface area (Å²) in [5.74, 6) is -3.17. The molecule has 6 nitrogen and oxygen atoms in total. The molecule has 3 heterocycles. The maximum Gasteiger partial charge on any atom is 0.404 e. The number of aromatic nitrogens is 4. The van der Waals surface area contributed by atoms with Gasteiger partial charge in [-0.1, -0.05) is 36.4 Å². The number of nitrogens with zero attached hydrogens (tertiary/aromatic N) is 5. The third-order valence-electron chi connectivity index (χ3n) is 7.32. The van der Waals surface area contributed by atoms with E-state index in [-0.39, 0.29) is 0 Å². The quantitative estimate of drug-likeness (QED) is 0.238. The number of fused-ring (bicyclic) bond motifs is 2. The van der Waals surface area contributed by atoms with Crippen molar-refractivity contribution in [2.75, 3.05) is 31.1 Å². The van der Waals surface area contributed by atoms with Gasteiger partial charge in [0.05, 0.1) is 22.2 Å². The van der Waals surface area contributed by atoms with Crippen LogP contribution in [-0.4, -0.2) is 63.4 Å². The lowest BCUT2D eigenvalue weighted by atomic mass is 9.96. The van der Waals surface area contributed by atoms with Gasteiger partial charge < -0.3 is 9.88 Å². The van der Waals surface area contributed by atoms with E-state index in [4.69, 9.17) is 0 Å². The summed E-state index contributed by atoms with van der Waals surface area (Å²) < 4.78 is 78.7. The van der Waals surface area contributed by atoms with E-state index in [9.17, 15) is 26.3 Å². The van der Waals surface area contributed by atoms with Crippen molar-refractivity contribution in [1.29, 1.82) is 0 Å². The van der Waals surface area contributed by atoms with Gasteiger partial charge in [0.1, 0.15) is 11.3 Å². The van der Waals surface area contributed by atoms with E-state index in [0.29, 0.717) is 16.9 Å². The Kier molecular flexibility index (Phi) is 6.80. The second-order valence-corrected chi connectivity index (χ2v) is 10.0. The largest absolute Gasteiger partial charge is 0.404 e. The van der Waals surface area contributed by atoms with Crippen LogP contribution in [0, 0.1) is 0 Å². The van der Waals surface area contributed by atoms with Crippen molar-refractivity contribution in [1.82, 2.24) is 24.8 Å². The number of H-pyrrole nitrogens is 1. The molecule has 0 aliphatic carbocycles. The van der Waals surface area contributed by atoms with E-state index in [0.717, 1.165) is 72.7 Å². The zero-order valence-electron chi connectivity index (χ0n) is 21.5. The zero-order chi connectivity index (χ0) is 28.8. The molecule has 212 valence electrons. The number of para-hydroxylation sites is 1. The Morgan fingerprint density at radius 1 is 0.780 bits per heavy atom. The van der Waals surface area contributed by atoms with Gasteiger partial charge in [-0.2, -0.15) is 26.3 Å². The lowest BCUT2D eigenvalue weighted by molar-refractivity contribution is -0.253. The molecule has 41 heavy (non-hydrogen) atoms. The number of imidazole rings is 1. The molecule has 2 aromatic heterocycles. The molecule has 1 fully saturated rings. The van der Waals surface area contributed by atoms with Crippen LogP contribution in [0.4, 0.5) is 32.0 Å². The highest BCUT2D eigenvalue weighted by Crippen LogP contribution is 2.46. The van der Waals surface area contributed by atoms with Crippen molar-refractivity contribution in [2.24, 2.45) is 0 Å². The first-order chi connectivity index (χ1) is 19.6. The van der Waals surface area contributed by atoms with Crippen molar-refractivity contribution < 1.29 is 26.3 Å². The molecule has 1 N–H and O–H groups in total. The predicted octanol–water partition coefficient (Wildman–Crippen LogP) is 6.70. The molecule has 5 aromatic rings. The summed E-state index contributed by atoms with van der Waals surface area (Å²) in [6.45, 7) is 3.97. The molecular weight excluding hydrogens is 546 g/mol. The van der Waals surface area contributed by atoms with Crippen LogP contribution in [0.15, 0.2) is 73.1 Å². The number of hydrogen-bond donors (Lipinski definition) is 1. The maximum atomic E-state index is 13.1. The second kappa shape index (κ2) is 10.3. The van der Waals surface area contributed by atoms with E-state index >= 15 is 0 Å². The first-order valence-electron chi connectivity index (χ1n) is 13.0. The van der Waals surface area contributed by atoms with Crippen LogP contribution >= 0.6 is 0 Å². The molecule has 0 atom stereocenters. The number of benzene rings is 3. The highest BCUT2D eigenvalue weighted by Gasteiger charge is 2.57. The lowest BCUT2D eigenvalue weighted by Crippen LogP contribution is -2.46. The first-order valence-corrected chi connectivity index (χ1v) is 13.0. The summed E-state index contributed by atoms with van der Waals surface area (Å²) in [5, 5.41) is 0. The average molecular weight is 571 g/mol. The molecule has 0 radical (unpaired) electrons. The van der Waals surface area contributed by atoms with E-state index in [1.165, 1.54) is 12.1 Å². The number of hydrogen-bond acceptors (Lipinski definition) is 5. The van der Waals surface area contributed by atoms with Gasteiger partial charge in [-0.25, -0.2) is 4.98 Å². The summed E-state index contributed by atoms with van der Waals surface area (Å²) in [4.78, 5) is 21.1. The number of halogens is 6. The molecular formula is C29H24F6N6. The number of anilines is 1. The van der Waals surface area contributed by atoms with E-state index in [2.05, 4.69) is 41.9 Å². The van der Waals surface area contributed by atoms with Crippen LogP contribution in [0.2, 0.25) is 0 Å². The number of piperazine rings is 1. The van der Waals surface area contributed by atoms with Gasteiger partial charge in [-0.15, -0.1) is 0 Å². The molecule has 6 rings (SSSR count). The Morgan fingerprint density at radius 2 is 1.46 bits per heavy atom. The molecule has 0 unspecified atom stereocenters. The van der Waals surface area contributed by atoms with Crippen LogP contribution in [0.1, 0.15) is 17.0 Å². The van der Waals surface area contributed by atoms with Crippen molar-refractivity contribution in [2.45, 2.75) is 24.8 Å². The summed E-state index contributed by atoms with van der Waals surface area (Å²) >= 11 is 0. The standard InChI is InChI=1S/C29H24F6N6/c30-28(31,32)26(29(33,34)35)19-5-7-20(8-6-19)27-38-22-2-1-3-24(25(22)39-27)41-14-12-40(13-15-41)17-18-4-9-21-23(16-18)37-11-10-36-21/h1-11,16,26H,12-15,17H2,(H,38,39). The van der Waals surface area contributed by atoms with Crippen molar-refractivity contribution >= 4 is 27.8 Å². The molecule has 0 bridgehead atoms. The smallest absolute Gasteiger partial charge is 0.367 e. The lowest BCUT2D eigenvalue weighted by Gasteiger charge is -2.36. The van der Waals surface area contributed by atoms with Crippen LogP contribution in [-0.2, 0) is 6.54 Å². The molecule has 3 aromatic carbocycles. The van der Waals surface area contributed by atoms with Crippen LogP contribution < -0.4 is 4.90 Å². The van der Waals surface area contributed by atoms with Crippen molar-refractivity contribution in [3.05, 3.63) is 84.2 Å². The highest BCUT2D eigenvalue weighted by molar-refractivity contribution is 5.91. The summed E-state index contributed by atoms with van der Waals surface area (Å²) in [6.07, 6.45) is -7.53. The molecule has 1 aliphatic heterocycles. The number of rotatable bonds is 5. The Morgan fingerprint density at radius 3 is 2.15 bits per heavy atom. The normalized spacial score (nSPS) is 15.3. The number of alkyl halides is 6. The van der Waals surface area contributed by atoms with E-state index in [1.807, 2.05) is 24.3 Å². The monoisotopic (exact) mass is 570 g/mol. The molecule has 0 amide bonds. The van der Waals surface area contributed by atoms with Crippen molar-refractivity contribution in [3.63, 3.8) is 0 Å². The molecule has 0 saturated carbocycles. The van der Waals surface area contributed by atoms with E-state index < -0.39 is 23.8 Å². The third kappa shape index (κ3) is 5.56. The molecule has 1 aliphatic rings. The highest BCUT2D eigenvalue weighted by atomic mass is 19.4. The van der Waals surface area contributed by atoms with Gasteiger partial charge in [0, 0.05) is 50.7 Å². The topological polar surface area (TPSA) is 60.9 Å². The molecule has 1 saturated heterocycles. The van der Waals surface area contributed by atoms with Gasteiger partial charge in [-0.05, 0) is 35.4 Å². The van der Waals surface area contributed by atoms with Gasteiger partial charge in [0.15, 0.2) is 5.92 Å². The van der Waals surface area contributed by atoms with Gasteiger partial charge in [0.2, 0.25) is 0 Å². The van der Waals surface area contributed by atoms with Crippen LogP contribution in [0.5, 0.6) is 0 Å². The first kappa shape index (κ1) is 27.0. The SMILES string of the molecule is FC(F)(F)C(c1ccc(-c2nc3c(N4CCN(Cc5ccc6nccnc6c5)CC4)cccc3[nH]2)cc1)C(F)(F)F. The summed E-state index contributed by atoms with van der Waals surface area (Å²) in [5.41, 5.74) is 4.74. The Balaban J connectivity index is 1.17. The minimum Gasteiger partial charge on any atom is -0.367 e. The number of aromatic amines is 1. The minimum atomic E-state index is -5.44. The average Bonchev–Trinajstić information content (AvgIpc) is 3.37. The fourth-order valence-electron chi connectivity index (χ4n) is 5.32. The Labute approximate surface area is 230 Å². The Bertz CT molecular complexity index is 1660. The number of nitrogens with one attached hydrogen (secondary N) is 1. The minimum absolute atomic E-state index is 0.368. The second-order valence-electron chi connectivity index (χ2n) is 10.0. The fraction of sp³-hybridized carbons (Fsp3) is 0.276. The van der Waals surface area contributed by atoms with E-state index in [1.54, 1.807) is 12.4 Å². The van der Waals surface area contributed by atoms with Gasteiger partial charge in [-0.3, -0.25) is 14.9 Å². The van der Waals surface area contributed by atoms with Crippen molar-refractivity contribution in [3.8, 4) is 11.4 Å². The van der Waals surface area contributed by atoms with Gasteiger partial charge in [0.25, 0.3) is 0 Å². The van der Waals surface area contributed by atoms with Gasteiger partial charge >= 0.3 is 12.4 Å². The summed E-state index contributed by atoms with van der Waals surface area (Å²) in [7, 11) is 0.